The van der Waals surface area contributed by atoms with Crippen LogP contribution in [-0.4, -0.2) is 60.5 Å². The van der Waals surface area contributed by atoms with Gasteiger partial charge >= 0.3 is 24.8 Å². The van der Waals surface area contributed by atoms with Crippen molar-refractivity contribution in [3.63, 3.8) is 0 Å². The maximum atomic E-state index is 15.2. The second-order valence-corrected chi connectivity index (χ2v) is 10.7. The number of unbranched alkanes of at least 4 members (excludes halogenated alkanes) is 1. The van der Waals surface area contributed by atoms with Gasteiger partial charge in [0, 0.05) is 46.5 Å². The van der Waals surface area contributed by atoms with Crippen LogP contribution in [0.5, 0.6) is 23.0 Å². The molecule has 3 N–H and O–H groups in total. The number of amides is 2. The number of halogens is 2. The molecule has 10 nitrogen and oxygen atoms in total. The Bertz CT molecular complexity index is 1730. The van der Waals surface area contributed by atoms with Gasteiger partial charge in [-0.25, -0.2) is 4.39 Å². The quantitative estimate of drug-likeness (QED) is 0.0907. The molecule has 0 spiro atoms. The van der Waals surface area contributed by atoms with Gasteiger partial charge in [0.25, 0.3) is 0 Å². The first-order valence-electron chi connectivity index (χ1n) is 13.9. The van der Waals surface area contributed by atoms with E-state index in [-0.39, 0.29) is 36.7 Å². The number of carbonyl (C=O) groups excluding carboxylic acids is 2. The van der Waals surface area contributed by atoms with Gasteiger partial charge in [0.15, 0.2) is 23.1 Å². The average Bonchev–Trinajstić information content (AvgIpc) is 3.80. The van der Waals surface area contributed by atoms with E-state index in [1.807, 2.05) is 0 Å². The van der Waals surface area contributed by atoms with Gasteiger partial charge in [-0.15, -0.1) is 0 Å². The number of aliphatic carboxylic acids is 1. The van der Waals surface area contributed by atoms with Crippen LogP contribution < -0.4 is 24.8 Å². The number of ether oxygens (including phenoxy) is 3. The number of carboxylic acids is 1. The molecule has 0 atom stereocenters. The molecule has 5 rings (SSSR count). The Morgan fingerprint density at radius 1 is 0.933 bits per heavy atom. The molecular weight excluding hydrogens is 600 g/mol. The first-order chi connectivity index (χ1) is 21.2. The fourth-order valence-corrected chi connectivity index (χ4v) is 4.77. The topological polar surface area (TPSA) is 136 Å². The molecule has 0 aliphatic heterocycles. The second kappa shape index (κ2) is 14.7. The van der Waals surface area contributed by atoms with Crippen LogP contribution in [0, 0.1) is 11.2 Å². The van der Waals surface area contributed by atoms with Crippen molar-refractivity contribution >= 4 is 70.5 Å². The van der Waals surface area contributed by atoms with E-state index in [4.69, 9.17) is 30.9 Å². The molecule has 1 aliphatic carbocycles. The van der Waals surface area contributed by atoms with E-state index in [1.54, 1.807) is 42.5 Å². The molecule has 3 aromatic carbocycles. The average molecular weight is 630 g/mol. The Kier molecular flexibility index (Phi) is 10.9. The van der Waals surface area contributed by atoms with Crippen molar-refractivity contribution in [2.75, 3.05) is 24.4 Å². The van der Waals surface area contributed by atoms with Gasteiger partial charge in [0.1, 0.15) is 11.2 Å². The molecule has 1 aromatic heterocycles. The number of anilines is 2. The van der Waals surface area contributed by atoms with Crippen molar-refractivity contribution in [3.05, 3.63) is 77.7 Å². The number of nitrogens with zero attached hydrogens (tertiary/aromatic N) is 1. The number of fused-ring (bicyclic) bond motifs is 1. The number of methoxy groups -OCH3 is 1. The van der Waals surface area contributed by atoms with Crippen molar-refractivity contribution < 1.29 is 38.1 Å². The first-order valence-corrected chi connectivity index (χ1v) is 14.2. The van der Waals surface area contributed by atoms with Crippen LogP contribution in [0.4, 0.5) is 15.8 Å². The molecule has 45 heavy (non-hydrogen) atoms. The van der Waals surface area contributed by atoms with Crippen LogP contribution in [-0.2, 0) is 14.4 Å². The van der Waals surface area contributed by atoms with Gasteiger partial charge in [0.05, 0.1) is 19.2 Å². The normalized spacial score (nSPS) is 12.9. The third-order valence-corrected chi connectivity index (χ3v) is 7.38. The summed E-state index contributed by atoms with van der Waals surface area (Å²) in [6.07, 6.45) is 3.34. The van der Waals surface area contributed by atoms with E-state index in [9.17, 15) is 14.4 Å². The van der Waals surface area contributed by atoms with Crippen LogP contribution >= 0.6 is 11.6 Å². The molecular formula is C32H30ClFLiN3O7. The zero-order valence-electron chi connectivity index (χ0n) is 23.7. The summed E-state index contributed by atoms with van der Waals surface area (Å²) in [7, 11) is 1.48. The second-order valence-electron chi connectivity index (χ2n) is 10.3. The molecule has 0 bridgehead atoms. The summed E-state index contributed by atoms with van der Waals surface area (Å²) < 4.78 is 32.3. The van der Waals surface area contributed by atoms with Gasteiger partial charge in [-0.05, 0) is 68.1 Å². The van der Waals surface area contributed by atoms with Gasteiger partial charge in [-0.2, -0.15) is 0 Å². The van der Waals surface area contributed by atoms with Crippen molar-refractivity contribution in [3.8, 4) is 23.0 Å². The zero-order chi connectivity index (χ0) is 31.3. The summed E-state index contributed by atoms with van der Waals surface area (Å²) in [4.78, 5) is 41.0. The number of benzene rings is 3. The van der Waals surface area contributed by atoms with Crippen molar-refractivity contribution in [2.24, 2.45) is 5.41 Å². The minimum absolute atomic E-state index is 0. The number of rotatable bonds is 13. The standard InChI is InChI=1S/C32H29ClFN3O7.Li.H/c1-42-27-17-22-24(18-28(27)43-14-3-2-7-29(38)39)35-13-10-25(22)44-26-9-8-21(16-23(26)34)37-31(41)32(11-12-32)30(40)36-20-6-4-5-19(33)15-20;;/h4-6,8-10,13,15-18H,2-3,7,11-12,14H2,1H3,(H,36,40)(H,37,41)(H,38,39);;. The van der Waals surface area contributed by atoms with E-state index < -0.39 is 29.0 Å². The van der Waals surface area contributed by atoms with Crippen molar-refractivity contribution in [1.82, 2.24) is 4.98 Å². The molecule has 4 aromatic rings. The molecule has 230 valence electrons. The Morgan fingerprint density at radius 2 is 1.67 bits per heavy atom. The number of pyridine rings is 1. The van der Waals surface area contributed by atoms with Crippen LogP contribution in [0.15, 0.2) is 66.9 Å². The Balaban J connectivity index is 0.00000461. The van der Waals surface area contributed by atoms with Gasteiger partial charge in [-0.1, -0.05) is 17.7 Å². The zero-order valence-corrected chi connectivity index (χ0v) is 24.4. The Labute approximate surface area is 275 Å². The van der Waals surface area contributed by atoms with Gasteiger partial charge < -0.3 is 30.0 Å². The van der Waals surface area contributed by atoms with E-state index in [0.717, 1.165) is 6.07 Å². The Morgan fingerprint density at radius 3 is 2.31 bits per heavy atom. The summed E-state index contributed by atoms with van der Waals surface area (Å²) in [5, 5.41) is 15.2. The number of carboxylic acid groups (broad SMARTS) is 1. The Hall–Kier alpha value is -4.30. The predicted molar refractivity (Wildman–Crippen MR) is 169 cm³/mol. The number of nitrogens with one attached hydrogen (secondary N) is 2. The SMILES string of the molecule is COc1cc2c(Oc3ccc(NC(=O)C4(C(=O)Nc5cccc(Cl)c5)CC4)cc3F)ccnc2cc1OCCCCC(=O)O.[LiH]. The van der Waals surface area contributed by atoms with E-state index in [0.29, 0.717) is 71.2 Å². The van der Waals surface area contributed by atoms with Crippen LogP contribution in [0.3, 0.4) is 0 Å². The summed E-state index contributed by atoms with van der Waals surface area (Å²) in [5.41, 5.74) is -0.0802. The number of aromatic nitrogens is 1. The molecule has 0 saturated heterocycles. The molecule has 0 unspecified atom stereocenters. The van der Waals surface area contributed by atoms with Gasteiger partial charge in [-0.3, -0.25) is 19.4 Å². The van der Waals surface area contributed by atoms with Crippen LogP contribution in [0.2, 0.25) is 5.02 Å². The van der Waals surface area contributed by atoms with Crippen LogP contribution in [0.25, 0.3) is 10.9 Å². The monoisotopic (exact) mass is 629 g/mol. The minimum atomic E-state index is -1.25. The summed E-state index contributed by atoms with van der Waals surface area (Å²) in [6, 6.07) is 15.5. The fraction of sp³-hybridized carbons (Fsp3) is 0.250. The van der Waals surface area contributed by atoms with Gasteiger partial charge in [0.2, 0.25) is 11.8 Å². The number of hydrogen-bond donors (Lipinski definition) is 3. The van der Waals surface area contributed by atoms with Crippen LogP contribution in [0.1, 0.15) is 32.1 Å². The van der Waals surface area contributed by atoms with E-state index in [2.05, 4.69) is 15.6 Å². The van der Waals surface area contributed by atoms with Crippen molar-refractivity contribution in [2.45, 2.75) is 32.1 Å². The molecule has 13 heteroatoms. The molecule has 1 heterocycles. The third kappa shape index (κ3) is 8.05. The third-order valence-electron chi connectivity index (χ3n) is 7.14. The van der Waals surface area contributed by atoms with E-state index in [1.165, 1.54) is 25.4 Å². The maximum absolute atomic E-state index is 15.2. The molecule has 0 radical (unpaired) electrons. The number of carbonyl (C=O) groups is 3. The summed E-state index contributed by atoms with van der Waals surface area (Å²) in [5.74, 6) is -1.51. The fourth-order valence-electron chi connectivity index (χ4n) is 4.58. The first kappa shape index (κ1) is 33.6. The molecule has 1 aliphatic rings. The van der Waals surface area contributed by atoms with E-state index >= 15 is 4.39 Å². The predicted octanol–water partition coefficient (Wildman–Crippen LogP) is 6.17. The summed E-state index contributed by atoms with van der Waals surface area (Å²) in [6.45, 7) is 0.299. The summed E-state index contributed by atoms with van der Waals surface area (Å²) >= 11 is 5.98. The molecule has 1 saturated carbocycles. The number of hydrogen-bond acceptors (Lipinski definition) is 7. The molecule has 2 amide bonds. The molecule has 1 fully saturated rings. The van der Waals surface area contributed by atoms with Crippen molar-refractivity contribution in [1.29, 1.82) is 0 Å².